The summed E-state index contributed by atoms with van der Waals surface area (Å²) in [4.78, 5) is 0. The van der Waals surface area contributed by atoms with Crippen LogP contribution in [-0.4, -0.2) is 19.1 Å². The van der Waals surface area contributed by atoms with Gasteiger partial charge in [0.05, 0.1) is 11.6 Å². The zero-order valence-electron chi connectivity index (χ0n) is 9.59. The lowest BCUT2D eigenvalue weighted by Crippen LogP contribution is -2.24. The monoisotopic (exact) mass is 215 g/mol. The summed E-state index contributed by atoms with van der Waals surface area (Å²) in [5.74, 6) is 0. The summed E-state index contributed by atoms with van der Waals surface area (Å²) in [6, 6.07) is 8.65. The molecule has 0 heterocycles. The van der Waals surface area contributed by atoms with Crippen molar-refractivity contribution in [2.75, 3.05) is 18.4 Å². The third-order valence-electron chi connectivity index (χ3n) is 2.81. The molecule has 1 aliphatic rings. The van der Waals surface area contributed by atoms with Crippen molar-refractivity contribution in [2.24, 2.45) is 0 Å². The van der Waals surface area contributed by atoms with E-state index in [4.69, 9.17) is 5.26 Å². The Morgan fingerprint density at radius 2 is 2.19 bits per heavy atom. The molecule has 1 aromatic carbocycles. The van der Waals surface area contributed by atoms with E-state index < -0.39 is 0 Å². The number of nitrogens with zero attached hydrogens (tertiary/aromatic N) is 1. The number of anilines is 1. The lowest BCUT2D eigenvalue weighted by atomic mass is 10.1. The minimum Gasteiger partial charge on any atom is -0.384 e. The van der Waals surface area contributed by atoms with Gasteiger partial charge in [0, 0.05) is 24.8 Å². The van der Waals surface area contributed by atoms with Crippen molar-refractivity contribution >= 4 is 5.69 Å². The summed E-state index contributed by atoms with van der Waals surface area (Å²) < 4.78 is 0. The minimum atomic E-state index is 0.721. The standard InChI is InChI=1S/C13H17N3/c1-10-8-11(9-14)2-5-13(10)16-7-6-15-12-3-4-12/h2,5,8,12,15-16H,3-4,6-7H2,1H3. The number of aryl methyl sites for hydroxylation is 1. The maximum atomic E-state index is 8.75. The summed E-state index contributed by atoms with van der Waals surface area (Å²) in [7, 11) is 0. The molecule has 1 aromatic rings. The predicted molar refractivity (Wildman–Crippen MR) is 65.4 cm³/mol. The fourth-order valence-electron chi connectivity index (χ4n) is 1.69. The topological polar surface area (TPSA) is 47.9 Å². The molecule has 2 rings (SSSR count). The van der Waals surface area contributed by atoms with Crippen LogP contribution in [0.3, 0.4) is 0 Å². The third kappa shape index (κ3) is 2.98. The molecule has 0 radical (unpaired) electrons. The molecule has 0 amide bonds. The quantitative estimate of drug-likeness (QED) is 0.739. The predicted octanol–water partition coefficient (Wildman–Crippen LogP) is 2.03. The first-order valence-corrected chi connectivity index (χ1v) is 5.77. The van der Waals surface area contributed by atoms with Crippen LogP contribution in [0.4, 0.5) is 5.69 Å². The van der Waals surface area contributed by atoms with Gasteiger partial charge in [0.15, 0.2) is 0 Å². The van der Waals surface area contributed by atoms with Gasteiger partial charge < -0.3 is 10.6 Å². The first-order chi connectivity index (χ1) is 7.79. The maximum Gasteiger partial charge on any atom is 0.0991 e. The highest BCUT2D eigenvalue weighted by atomic mass is 15.0. The average molecular weight is 215 g/mol. The van der Waals surface area contributed by atoms with Gasteiger partial charge >= 0.3 is 0 Å². The average Bonchev–Trinajstić information content (AvgIpc) is 3.10. The van der Waals surface area contributed by atoms with Gasteiger partial charge in [-0.1, -0.05) is 0 Å². The minimum absolute atomic E-state index is 0.721. The zero-order chi connectivity index (χ0) is 11.4. The fraction of sp³-hybridized carbons (Fsp3) is 0.462. The highest BCUT2D eigenvalue weighted by Gasteiger charge is 2.19. The van der Waals surface area contributed by atoms with Crippen LogP contribution in [0, 0.1) is 18.3 Å². The van der Waals surface area contributed by atoms with Crippen molar-refractivity contribution in [3.8, 4) is 6.07 Å². The number of hydrogen-bond donors (Lipinski definition) is 2. The Morgan fingerprint density at radius 3 is 2.81 bits per heavy atom. The molecule has 0 aromatic heterocycles. The number of nitrogens with one attached hydrogen (secondary N) is 2. The van der Waals surface area contributed by atoms with Crippen LogP contribution in [0.25, 0.3) is 0 Å². The smallest absolute Gasteiger partial charge is 0.0991 e. The molecule has 16 heavy (non-hydrogen) atoms. The van der Waals surface area contributed by atoms with Gasteiger partial charge in [-0.3, -0.25) is 0 Å². The molecule has 0 spiro atoms. The van der Waals surface area contributed by atoms with Crippen LogP contribution in [-0.2, 0) is 0 Å². The Morgan fingerprint density at radius 1 is 1.38 bits per heavy atom. The van der Waals surface area contributed by atoms with E-state index in [0.29, 0.717) is 0 Å². The number of rotatable bonds is 5. The van der Waals surface area contributed by atoms with Crippen LogP contribution < -0.4 is 10.6 Å². The van der Waals surface area contributed by atoms with Crippen LogP contribution in [0.1, 0.15) is 24.0 Å². The first-order valence-electron chi connectivity index (χ1n) is 5.77. The molecule has 1 fully saturated rings. The Bertz CT molecular complexity index is 402. The summed E-state index contributed by atoms with van der Waals surface area (Å²) in [5, 5.41) is 15.6. The number of hydrogen-bond acceptors (Lipinski definition) is 3. The zero-order valence-corrected chi connectivity index (χ0v) is 9.59. The molecule has 1 aliphatic carbocycles. The Kier molecular flexibility index (Phi) is 3.43. The molecule has 0 aliphatic heterocycles. The second-order valence-corrected chi connectivity index (χ2v) is 4.30. The van der Waals surface area contributed by atoms with E-state index in [2.05, 4.69) is 16.7 Å². The largest absolute Gasteiger partial charge is 0.384 e. The first kappa shape index (κ1) is 11.0. The Labute approximate surface area is 96.5 Å². The van der Waals surface area contributed by atoms with Crippen molar-refractivity contribution in [1.29, 1.82) is 5.26 Å². The van der Waals surface area contributed by atoms with Gasteiger partial charge in [0.2, 0.25) is 0 Å². The Hall–Kier alpha value is -1.53. The lowest BCUT2D eigenvalue weighted by molar-refractivity contribution is 0.701. The van der Waals surface area contributed by atoms with E-state index in [1.807, 2.05) is 25.1 Å². The highest BCUT2D eigenvalue weighted by molar-refractivity contribution is 5.54. The molecule has 2 N–H and O–H groups in total. The highest BCUT2D eigenvalue weighted by Crippen LogP contribution is 2.18. The van der Waals surface area contributed by atoms with Crippen molar-refractivity contribution in [1.82, 2.24) is 5.32 Å². The second-order valence-electron chi connectivity index (χ2n) is 4.30. The van der Waals surface area contributed by atoms with Crippen LogP contribution in [0.5, 0.6) is 0 Å². The maximum absolute atomic E-state index is 8.75. The number of benzene rings is 1. The van der Waals surface area contributed by atoms with E-state index in [1.54, 1.807) is 0 Å². The number of nitriles is 1. The van der Waals surface area contributed by atoms with Crippen molar-refractivity contribution in [3.63, 3.8) is 0 Å². The van der Waals surface area contributed by atoms with E-state index in [9.17, 15) is 0 Å². The van der Waals surface area contributed by atoms with E-state index in [1.165, 1.54) is 12.8 Å². The second kappa shape index (κ2) is 5.00. The van der Waals surface area contributed by atoms with Gasteiger partial charge in [-0.25, -0.2) is 0 Å². The molecular weight excluding hydrogens is 198 g/mol. The van der Waals surface area contributed by atoms with Gasteiger partial charge in [-0.05, 0) is 43.5 Å². The van der Waals surface area contributed by atoms with E-state index in [-0.39, 0.29) is 0 Å². The van der Waals surface area contributed by atoms with Gasteiger partial charge in [-0.15, -0.1) is 0 Å². The van der Waals surface area contributed by atoms with Gasteiger partial charge in [0.25, 0.3) is 0 Å². The van der Waals surface area contributed by atoms with Gasteiger partial charge in [-0.2, -0.15) is 5.26 Å². The lowest BCUT2D eigenvalue weighted by Gasteiger charge is -2.10. The Balaban J connectivity index is 1.81. The van der Waals surface area contributed by atoms with Gasteiger partial charge in [0.1, 0.15) is 0 Å². The van der Waals surface area contributed by atoms with E-state index in [0.717, 1.165) is 35.9 Å². The summed E-state index contributed by atoms with van der Waals surface area (Å²) in [6.45, 7) is 3.96. The summed E-state index contributed by atoms with van der Waals surface area (Å²) in [5.41, 5.74) is 2.97. The SMILES string of the molecule is Cc1cc(C#N)ccc1NCCNC1CC1. The molecule has 0 bridgehead atoms. The fourth-order valence-corrected chi connectivity index (χ4v) is 1.69. The summed E-state index contributed by atoms with van der Waals surface area (Å²) >= 11 is 0. The van der Waals surface area contributed by atoms with Crippen LogP contribution >= 0.6 is 0 Å². The van der Waals surface area contributed by atoms with Crippen LogP contribution in [0.15, 0.2) is 18.2 Å². The molecule has 0 atom stereocenters. The molecule has 3 heteroatoms. The van der Waals surface area contributed by atoms with E-state index >= 15 is 0 Å². The summed E-state index contributed by atoms with van der Waals surface area (Å²) in [6.07, 6.45) is 2.66. The molecule has 84 valence electrons. The molecule has 3 nitrogen and oxygen atoms in total. The third-order valence-corrected chi connectivity index (χ3v) is 2.81. The molecule has 1 saturated carbocycles. The normalized spacial score (nSPS) is 14.5. The van der Waals surface area contributed by atoms with Crippen molar-refractivity contribution in [3.05, 3.63) is 29.3 Å². The van der Waals surface area contributed by atoms with Crippen LogP contribution in [0.2, 0.25) is 0 Å². The molecule has 0 saturated heterocycles. The molecule has 0 unspecified atom stereocenters. The molecular formula is C13H17N3. The van der Waals surface area contributed by atoms with Crippen molar-refractivity contribution in [2.45, 2.75) is 25.8 Å². The van der Waals surface area contributed by atoms with Crippen molar-refractivity contribution < 1.29 is 0 Å².